The molecule has 17 heavy (non-hydrogen) atoms. The average molecular weight is 247 g/mol. The van der Waals surface area contributed by atoms with Crippen molar-refractivity contribution in [3.63, 3.8) is 0 Å². The normalized spacial score (nSPS) is 9.65. The Balaban J connectivity index is 2.35. The van der Waals surface area contributed by atoms with Crippen molar-refractivity contribution >= 4 is 17.5 Å². The third-order valence-corrected chi connectivity index (χ3v) is 2.10. The Hall–Kier alpha value is -2.32. The van der Waals surface area contributed by atoms with Gasteiger partial charge in [0.05, 0.1) is 5.56 Å². The highest BCUT2D eigenvalue weighted by atomic mass is 35.5. The maximum Gasteiger partial charge on any atom is 0.225 e. The molecule has 0 atom stereocenters. The zero-order valence-corrected chi connectivity index (χ0v) is 9.35. The molecule has 6 heteroatoms. The van der Waals surface area contributed by atoms with Crippen LogP contribution < -0.4 is 10.5 Å². The molecule has 1 heterocycles. The molecule has 84 valence electrons. The first-order chi connectivity index (χ1) is 8.19. The standard InChI is InChI=1S/C11H7ClN4O/c12-9-5-10(16-11(14)15-9)17-8-4-2-1-3-7(8)6-13/h1-5H,(H2,14,15,16). The molecular weight excluding hydrogens is 240 g/mol. The van der Waals surface area contributed by atoms with Gasteiger partial charge in [-0.1, -0.05) is 23.7 Å². The highest BCUT2D eigenvalue weighted by Crippen LogP contribution is 2.24. The van der Waals surface area contributed by atoms with E-state index in [0.717, 1.165) is 0 Å². The fourth-order valence-corrected chi connectivity index (χ4v) is 1.41. The van der Waals surface area contributed by atoms with Crippen molar-refractivity contribution in [1.82, 2.24) is 9.97 Å². The molecule has 0 aliphatic heterocycles. The molecule has 1 aromatic heterocycles. The first-order valence-corrected chi connectivity index (χ1v) is 5.04. The molecule has 2 N–H and O–H groups in total. The van der Waals surface area contributed by atoms with Crippen molar-refractivity contribution in [3.8, 4) is 17.7 Å². The molecule has 0 bridgehead atoms. The summed E-state index contributed by atoms with van der Waals surface area (Å²) in [5.41, 5.74) is 5.84. The lowest BCUT2D eigenvalue weighted by molar-refractivity contribution is 0.461. The number of ether oxygens (including phenoxy) is 1. The summed E-state index contributed by atoms with van der Waals surface area (Å²) >= 11 is 5.71. The van der Waals surface area contributed by atoms with Crippen LogP contribution in [-0.2, 0) is 0 Å². The topological polar surface area (TPSA) is 84.8 Å². The van der Waals surface area contributed by atoms with E-state index < -0.39 is 0 Å². The summed E-state index contributed by atoms with van der Waals surface area (Å²) in [6.45, 7) is 0. The molecular formula is C11H7ClN4O. The second-order valence-corrected chi connectivity index (χ2v) is 3.48. The number of nitrogen functional groups attached to an aromatic ring is 1. The number of hydrogen-bond donors (Lipinski definition) is 1. The maximum atomic E-state index is 8.89. The summed E-state index contributed by atoms with van der Waals surface area (Å²) in [6.07, 6.45) is 0. The fraction of sp³-hybridized carbons (Fsp3) is 0. The zero-order valence-electron chi connectivity index (χ0n) is 8.59. The van der Waals surface area contributed by atoms with Crippen LogP contribution in [0, 0.1) is 11.3 Å². The van der Waals surface area contributed by atoms with Gasteiger partial charge < -0.3 is 10.5 Å². The molecule has 0 spiro atoms. The minimum Gasteiger partial charge on any atom is -0.437 e. The van der Waals surface area contributed by atoms with E-state index >= 15 is 0 Å². The van der Waals surface area contributed by atoms with Crippen LogP contribution >= 0.6 is 11.6 Å². The number of benzene rings is 1. The number of halogens is 1. The lowest BCUT2D eigenvalue weighted by Gasteiger charge is -2.06. The van der Waals surface area contributed by atoms with Gasteiger partial charge in [-0.25, -0.2) is 4.98 Å². The Morgan fingerprint density at radius 3 is 2.76 bits per heavy atom. The van der Waals surface area contributed by atoms with Crippen molar-refractivity contribution in [3.05, 3.63) is 41.0 Å². The van der Waals surface area contributed by atoms with E-state index in [1.807, 2.05) is 6.07 Å². The summed E-state index contributed by atoms with van der Waals surface area (Å²) in [4.78, 5) is 7.56. The molecule has 0 aliphatic carbocycles. The van der Waals surface area contributed by atoms with Crippen LogP contribution in [0.1, 0.15) is 5.56 Å². The van der Waals surface area contributed by atoms with Crippen molar-refractivity contribution in [2.75, 3.05) is 5.73 Å². The Morgan fingerprint density at radius 2 is 2.06 bits per heavy atom. The lowest BCUT2D eigenvalue weighted by Crippen LogP contribution is -1.97. The largest absolute Gasteiger partial charge is 0.437 e. The Bertz CT molecular complexity index is 574. The summed E-state index contributed by atoms with van der Waals surface area (Å²) < 4.78 is 5.42. The number of anilines is 1. The number of nitrogens with zero attached hydrogens (tertiary/aromatic N) is 3. The van der Waals surface area contributed by atoms with E-state index in [4.69, 9.17) is 27.3 Å². The van der Waals surface area contributed by atoms with Gasteiger partial charge in [0, 0.05) is 6.07 Å². The van der Waals surface area contributed by atoms with Crippen LogP contribution in [0.4, 0.5) is 5.95 Å². The number of aromatic nitrogens is 2. The van der Waals surface area contributed by atoms with Crippen LogP contribution in [0.3, 0.4) is 0 Å². The Kier molecular flexibility index (Phi) is 3.08. The van der Waals surface area contributed by atoms with Crippen molar-refractivity contribution in [2.45, 2.75) is 0 Å². The number of para-hydroxylation sites is 1. The van der Waals surface area contributed by atoms with Gasteiger partial charge in [0.25, 0.3) is 0 Å². The maximum absolute atomic E-state index is 8.89. The minimum atomic E-state index is 0.0157. The molecule has 0 saturated carbocycles. The van der Waals surface area contributed by atoms with Gasteiger partial charge in [0.1, 0.15) is 17.0 Å². The number of rotatable bonds is 2. The van der Waals surface area contributed by atoms with E-state index in [2.05, 4.69) is 9.97 Å². The van der Waals surface area contributed by atoms with Crippen LogP contribution in [0.15, 0.2) is 30.3 Å². The Labute approximate surface area is 102 Å². The number of nitriles is 1. The highest BCUT2D eigenvalue weighted by Gasteiger charge is 2.06. The summed E-state index contributed by atoms with van der Waals surface area (Å²) in [7, 11) is 0. The first-order valence-electron chi connectivity index (χ1n) is 4.66. The molecule has 0 fully saturated rings. The molecule has 0 amide bonds. The summed E-state index contributed by atoms with van der Waals surface area (Å²) in [6, 6.07) is 10.2. The van der Waals surface area contributed by atoms with E-state index in [1.54, 1.807) is 24.3 Å². The zero-order chi connectivity index (χ0) is 12.3. The smallest absolute Gasteiger partial charge is 0.225 e. The van der Waals surface area contributed by atoms with Crippen molar-refractivity contribution in [2.24, 2.45) is 0 Å². The quantitative estimate of drug-likeness (QED) is 0.823. The lowest BCUT2D eigenvalue weighted by atomic mass is 10.2. The van der Waals surface area contributed by atoms with E-state index in [1.165, 1.54) is 6.07 Å². The minimum absolute atomic E-state index is 0.0157. The second kappa shape index (κ2) is 4.68. The molecule has 0 saturated heterocycles. The van der Waals surface area contributed by atoms with Gasteiger partial charge in [-0.3, -0.25) is 0 Å². The van der Waals surface area contributed by atoms with Gasteiger partial charge in [-0.05, 0) is 12.1 Å². The predicted octanol–water partition coefficient (Wildman–Crippen LogP) is 2.38. The molecule has 5 nitrogen and oxygen atoms in total. The number of hydrogen-bond acceptors (Lipinski definition) is 5. The van der Waals surface area contributed by atoms with Crippen molar-refractivity contribution in [1.29, 1.82) is 5.26 Å². The van der Waals surface area contributed by atoms with Crippen LogP contribution in [-0.4, -0.2) is 9.97 Å². The van der Waals surface area contributed by atoms with Crippen LogP contribution in [0.2, 0.25) is 5.15 Å². The van der Waals surface area contributed by atoms with Gasteiger partial charge in [-0.15, -0.1) is 0 Å². The van der Waals surface area contributed by atoms with E-state index in [9.17, 15) is 0 Å². The third-order valence-electron chi connectivity index (χ3n) is 1.91. The summed E-state index contributed by atoms with van der Waals surface area (Å²) in [5, 5.41) is 9.07. The predicted molar refractivity (Wildman–Crippen MR) is 62.7 cm³/mol. The van der Waals surface area contributed by atoms with E-state index in [0.29, 0.717) is 11.3 Å². The summed E-state index contributed by atoms with van der Waals surface area (Å²) in [5.74, 6) is 0.608. The van der Waals surface area contributed by atoms with Crippen LogP contribution in [0.25, 0.3) is 0 Å². The fourth-order valence-electron chi connectivity index (χ4n) is 1.23. The average Bonchev–Trinajstić information content (AvgIpc) is 2.28. The molecule has 0 aliphatic rings. The SMILES string of the molecule is N#Cc1ccccc1Oc1cc(Cl)nc(N)n1. The molecule has 2 rings (SSSR count). The van der Waals surface area contributed by atoms with Crippen molar-refractivity contribution < 1.29 is 4.74 Å². The van der Waals surface area contributed by atoms with Gasteiger partial charge in [-0.2, -0.15) is 10.2 Å². The number of nitrogens with two attached hydrogens (primary N) is 1. The molecule has 2 aromatic rings. The highest BCUT2D eigenvalue weighted by molar-refractivity contribution is 6.29. The van der Waals surface area contributed by atoms with Gasteiger partial charge in [0.2, 0.25) is 11.8 Å². The molecule has 1 aromatic carbocycles. The first kappa shape index (κ1) is 11.2. The Morgan fingerprint density at radius 1 is 1.29 bits per heavy atom. The monoisotopic (exact) mass is 246 g/mol. The van der Waals surface area contributed by atoms with Gasteiger partial charge in [0.15, 0.2) is 0 Å². The third kappa shape index (κ3) is 2.62. The second-order valence-electron chi connectivity index (χ2n) is 3.10. The molecule has 0 unspecified atom stereocenters. The van der Waals surface area contributed by atoms with Gasteiger partial charge >= 0.3 is 0 Å². The van der Waals surface area contributed by atoms with E-state index in [-0.39, 0.29) is 17.0 Å². The molecule has 0 radical (unpaired) electrons. The van der Waals surface area contributed by atoms with Crippen LogP contribution in [0.5, 0.6) is 11.6 Å².